The summed E-state index contributed by atoms with van der Waals surface area (Å²) in [6.07, 6.45) is -3.98. The van der Waals surface area contributed by atoms with E-state index in [-0.39, 0.29) is 29.9 Å². The van der Waals surface area contributed by atoms with E-state index in [1.54, 1.807) is 32.0 Å². The van der Waals surface area contributed by atoms with Crippen molar-refractivity contribution >= 4 is 11.6 Å². The van der Waals surface area contributed by atoms with Gasteiger partial charge in [0.1, 0.15) is 5.75 Å². The average Bonchev–Trinajstić information content (AvgIpc) is 2.90. The summed E-state index contributed by atoms with van der Waals surface area (Å²) in [5, 5.41) is 2.86. The SMILES string of the molecule is CC(C)Oc1ccc(CN=C(N)Nc2ccc3c(c2)OCCCO3)c(C(F)(F)F)c1. The molecule has 1 heterocycles. The van der Waals surface area contributed by atoms with Crippen LogP contribution in [0.3, 0.4) is 0 Å². The highest BCUT2D eigenvalue weighted by molar-refractivity contribution is 5.92. The molecule has 0 spiro atoms. The number of ether oxygens (including phenoxy) is 3. The maximum atomic E-state index is 13.5. The highest BCUT2D eigenvalue weighted by atomic mass is 19.4. The quantitative estimate of drug-likeness (QED) is 0.544. The summed E-state index contributed by atoms with van der Waals surface area (Å²) in [5.41, 5.74) is 5.67. The van der Waals surface area contributed by atoms with Gasteiger partial charge in [-0.1, -0.05) is 6.07 Å². The molecule has 0 bridgehead atoms. The van der Waals surface area contributed by atoms with Crippen LogP contribution in [0.4, 0.5) is 18.9 Å². The van der Waals surface area contributed by atoms with Gasteiger partial charge in [0.25, 0.3) is 0 Å². The third-order valence-electron chi connectivity index (χ3n) is 4.20. The Kier molecular flexibility index (Phi) is 6.59. The van der Waals surface area contributed by atoms with Crippen LogP contribution in [0.15, 0.2) is 41.4 Å². The van der Waals surface area contributed by atoms with Crippen molar-refractivity contribution in [3.8, 4) is 17.2 Å². The number of nitrogens with one attached hydrogen (secondary N) is 1. The van der Waals surface area contributed by atoms with Gasteiger partial charge in [0.15, 0.2) is 17.5 Å². The highest BCUT2D eigenvalue weighted by Gasteiger charge is 2.33. The molecule has 0 radical (unpaired) electrons. The number of rotatable bonds is 5. The van der Waals surface area contributed by atoms with E-state index in [9.17, 15) is 13.2 Å². The first-order valence-corrected chi connectivity index (χ1v) is 9.56. The summed E-state index contributed by atoms with van der Waals surface area (Å²) in [4.78, 5) is 4.06. The lowest BCUT2D eigenvalue weighted by Gasteiger charge is -2.16. The van der Waals surface area contributed by atoms with E-state index < -0.39 is 11.7 Å². The summed E-state index contributed by atoms with van der Waals surface area (Å²) >= 11 is 0. The van der Waals surface area contributed by atoms with Crippen molar-refractivity contribution in [3.05, 3.63) is 47.5 Å². The predicted octanol–water partition coefficient (Wildman–Crippen LogP) is 4.58. The van der Waals surface area contributed by atoms with Gasteiger partial charge >= 0.3 is 6.18 Å². The Labute approximate surface area is 172 Å². The zero-order valence-electron chi connectivity index (χ0n) is 16.8. The number of fused-ring (bicyclic) bond motifs is 1. The van der Waals surface area contributed by atoms with Gasteiger partial charge in [-0.2, -0.15) is 13.2 Å². The number of nitrogens with two attached hydrogens (primary N) is 1. The van der Waals surface area contributed by atoms with Gasteiger partial charge in [0.05, 0.1) is 31.4 Å². The van der Waals surface area contributed by atoms with Crippen molar-refractivity contribution in [2.45, 2.75) is 39.1 Å². The molecule has 0 unspecified atom stereocenters. The number of benzene rings is 2. The van der Waals surface area contributed by atoms with E-state index in [1.165, 1.54) is 12.1 Å². The number of aliphatic imine (C=N–C) groups is 1. The highest BCUT2D eigenvalue weighted by Crippen LogP contribution is 2.35. The number of guanidine groups is 1. The molecule has 9 heteroatoms. The fourth-order valence-electron chi connectivity index (χ4n) is 2.90. The number of halogens is 3. The molecule has 3 N–H and O–H groups in total. The molecule has 3 rings (SSSR count). The zero-order valence-corrected chi connectivity index (χ0v) is 16.8. The Morgan fingerprint density at radius 3 is 2.57 bits per heavy atom. The van der Waals surface area contributed by atoms with Crippen LogP contribution in [0.5, 0.6) is 17.2 Å². The van der Waals surface area contributed by atoms with E-state index >= 15 is 0 Å². The van der Waals surface area contributed by atoms with Crippen LogP contribution in [0.25, 0.3) is 0 Å². The molecule has 0 saturated heterocycles. The molecule has 6 nitrogen and oxygen atoms in total. The lowest BCUT2D eigenvalue weighted by molar-refractivity contribution is -0.138. The molecule has 0 atom stereocenters. The number of anilines is 1. The molecular weight excluding hydrogens is 399 g/mol. The molecule has 0 saturated carbocycles. The molecule has 0 aliphatic carbocycles. The normalized spacial score (nSPS) is 14.4. The van der Waals surface area contributed by atoms with Crippen molar-refractivity contribution in [1.82, 2.24) is 0 Å². The van der Waals surface area contributed by atoms with Gasteiger partial charge in [-0.15, -0.1) is 0 Å². The van der Waals surface area contributed by atoms with Crippen molar-refractivity contribution in [2.24, 2.45) is 10.7 Å². The zero-order chi connectivity index (χ0) is 21.7. The molecule has 2 aromatic rings. The van der Waals surface area contributed by atoms with E-state index in [1.807, 2.05) is 0 Å². The summed E-state index contributed by atoms with van der Waals surface area (Å²) in [6.45, 7) is 4.37. The van der Waals surface area contributed by atoms with Crippen LogP contribution in [0.1, 0.15) is 31.4 Å². The van der Waals surface area contributed by atoms with E-state index in [0.717, 1.165) is 12.5 Å². The van der Waals surface area contributed by atoms with Gasteiger partial charge in [0.2, 0.25) is 0 Å². The fraction of sp³-hybridized carbons (Fsp3) is 0.381. The van der Waals surface area contributed by atoms with E-state index in [2.05, 4.69) is 10.3 Å². The minimum Gasteiger partial charge on any atom is -0.491 e. The van der Waals surface area contributed by atoms with Crippen LogP contribution in [-0.4, -0.2) is 25.3 Å². The Morgan fingerprint density at radius 2 is 1.87 bits per heavy atom. The molecule has 1 aliphatic heterocycles. The number of nitrogens with zero attached hydrogens (tertiary/aromatic N) is 1. The second-order valence-corrected chi connectivity index (χ2v) is 7.02. The third kappa shape index (κ3) is 5.71. The first-order chi connectivity index (χ1) is 14.2. The topological polar surface area (TPSA) is 78.1 Å². The monoisotopic (exact) mass is 423 g/mol. The lowest BCUT2D eigenvalue weighted by Crippen LogP contribution is -2.23. The number of hydrogen-bond donors (Lipinski definition) is 2. The summed E-state index contributed by atoms with van der Waals surface area (Å²) in [7, 11) is 0. The molecule has 0 amide bonds. The number of hydrogen-bond acceptors (Lipinski definition) is 4. The van der Waals surface area contributed by atoms with Crippen LogP contribution in [-0.2, 0) is 12.7 Å². The molecule has 162 valence electrons. The lowest BCUT2D eigenvalue weighted by atomic mass is 10.1. The first kappa shape index (κ1) is 21.6. The second-order valence-electron chi connectivity index (χ2n) is 7.02. The Bertz CT molecular complexity index is 914. The van der Waals surface area contributed by atoms with Gasteiger partial charge in [-0.25, -0.2) is 4.99 Å². The average molecular weight is 423 g/mol. The molecule has 0 aromatic heterocycles. The first-order valence-electron chi connectivity index (χ1n) is 9.56. The summed E-state index contributed by atoms with van der Waals surface area (Å²) < 4.78 is 56.9. The van der Waals surface area contributed by atoms with Gasteiger partial charge in [0, 0.05) is 18.2 Å². The third-order valence-corrected chi connectivity index (χ3v) is 4.20. The summed E-state index contributed by atoms with van der Waals surface area (Å²) in [6, 6.07) is 9.01. The van der Waals surface area contributed by atoms with Crippen molar-refractivity contribution in [3.63, 3.8) is 0 Å². The molecule has 1 aliphatic rings. The van der Waals surface area contributed by atoms with Crippen molar-refractivity contribution < 1.29 is 27.4 Å². The standard InChI is InChI=1S/C21H24F3N3O3/c1-13(2)30-16-6-4-14(17(11-16)21(22,23)24)12-26-20(25)27-15-5-7-18-19(10-15)29-9-3-8-28-18/h4-7,10-11,13H,3,8-9,12H2,1-2H3,(H3,25,26,27). The van der Waals surface area contributed by atoms with Crippen LogP contribution in [0.2, 0.25) is 0 Å². The fourth-order valence-corrected chi connectivity index (χ4v) is 2.90. The Morgan fingerprint density at radius 1 is 1.13 bits per heavy atom. The molecular formula is C21H24F3N3O3. The molecule has 0 fully saturated rings. The summed E-state index contributed by atoms with van der Waals surface area (Å²) in [5.74, 6) is 1.35. The Hall–Kier alpha value is -3.10. The largest absolute Gasteiger partial charge is 0.491 e. The van der Waals surface area contributed by atoms with Crippen LogP contribution in [0, 0.1) is 0 Å². The smallest absolute Gasteiger partial charge is 0.416 e. The Balaban J connectivity index is 1.74. The maximum absolute atomic E-state index is 13.5. The van der Waals surface area contributed by atoms with Crippen LogP contribution < -0.4 is 25.3 Å². The van der Waals surface area contributed by atoms with Crippen molar-refractivity contribution in [1.29, 1.82) is 0 Å². The van der Waals surface area contributed by atoms with Crippen molar-refractivity contribution in [2.75, 3.05) is 18.5 Å². The van der Waals surface area contributed by atoms with E-state index in [4.69, 9.17) is 19.9 Å². The molecule has 2 aromatic carbocycles. The van der Waals surface area contributed by atoms with Gasteiger partial charge in [-0.3, -0.25) is 0 Å². The second kappa shape index (κ2) is 9.15. The van der Waals surface area contributed by atoms with Crippen LogP contribution >= 0.6 is 0 Å². The van der Waals surface area contributed by atoms with E-state index in [0.29, 0.717) is 30.4 Å². The van der Waals surface area contributed by atoms with Gasteiger partial charge in [-0.05, 0) is 43.7 Å². The minimum atomic E-state index is -4.53. The minimum absolute atomic E-state index is 0.00187. The maximum Gasteiger partial charge on any atom is 0.416 e. The predicted molar refractivity (Wildman–Crippen MR) is 108 cm³/mol. The number of alkyl halides is 3. The van der Waals surface area contributed by atoms with Gasteiger partial charge < -0.3 is 25.3 Å². The molecule has 30 heavy (non-hydrogen) atoms.